The van der Waals surface area contributed by atoms with Gasteiger partial charge in [0.15, 0.2) is 0 Å². The van der Waals surface area contributed by atoms with Crippen molar-refractivity contribution >= 4 is 28.9 Å². The number of para-hydroxylation sites is 1. The van der Waals surface area contributed by atoms with E-state index in [-0.39, 0.29) is 24.6 Å². The van der Waals surface area contributed by atoms with Gasteiger partial charge in [-0.3, -0.25) is 14.6 Å². The second-order valence-corrected chi connectivity index (χ2v) is 7.56. The number of carbonyl (C=O) groups is 2. The Balaban J connectivity index is 1.56. The summed E-state index contributed by atoms with van der Waals surface area (Å²) in [5.74, 6) is -0.496. The minimum atomic E-state index is -0.391. The highest BCUT2D eigenvalue weighted by atomic mass is 16.2. The molecule has 3 rings (SSSR count). The Morgan fingerprint density at radius 3 is 2.29 bits per heavy atom. The van der Waals surface area contributed by atoms with Gasteiger partial charge < -0.3 is 20.5 Å². The van der Waals surface area contributed by atoms with Crippen LogP contribution in [0.4, 0.5) is 5.69 Å². The minimum absolute atomic E-state index is 0.0600. The number of amides is 2. The van der Waals surface area contributed by atoms with Crippen molar-refractivity contribution in [1.82, 2.24) is 10.2 Å². The van der Waals surface area contributed by atoms with Crippen LogP contribution in [0.1, 0.15) is 13.3 Å². The number of aliphatic imine (C=N–C) groups is 1. The van der Waals surface area contributed by atoms with E-state index in [0.717, 1.165) is 13.1 Å². The van der Waals surface area contributed by atoms with Crippen LogP contribution in [0, 0.1) is 5.41 Å². The van der Waals surface area contributed by atoms with Gasteiger partial charge in [-0.2, -0.15) is 0 Å². The standard InChI is InChI=1S/C24H29N5O2/c1-18(25)16-21(26-2)24(31)27-17-23(30)29-14-12-28(13-15-29)22-11-7-6-10-20(22)19-8-4-3-5-9-19/h3-11,25H,12-17H2,1-2H3,(H,27,31). The van der Waals surface area contributed by atoms with Crippen LogP contribution in [0.5, 0.6) is 0 Å². The van der Waals surface area contributed by atoms with Gasteiger partial charge in [-0.15, -0.1) is 0 Å². The molecule has 1 aliphatic heterocycles. The molecule has 1 fully saturated rings. The van der Waals surface area contributed by atoms with Crippen LogP contribution in [0.2, 0.25) is 0 Å². The van der Waals surface area contributed by atoms with Gasteiger partial charge in [-0.25, -0.2) is 0 Å². The number of anilines is 1. The Kier molecular flexibility index (Phi) is 7.54. The maximum Gasteiger partial charge on any atom is 0.266 e. The Bertz CT molecular complexity index is 963. The van der Waals surface area contributed by atoms with Crippen molar-refractivity contribution in [2.45, 2.75) is 13.3 Å². The van der Waals surface area contributed by atoms with Gasteiger partial charge in [0, 0.05) is 56.6 Å². The number of hydrogen-bond donors (Lipinski definition) is 2. The Labute approximate surface area is 183 Å². The molecule has 0 aliphatic carbocycles. The van der Waals surface area contributed by atoms with Crippen LogP contribution >= 0.6 is 0 Å². The topological polar surface area (TPSA) is 88.9 Å². The average Bonchev–Trinajstić information content (AvgIpc) is 2.81. The summed E-state index contributed by atoms with van der Waals surface area (Å²) < 4.78 is 0. The summed E-state index contributed by atoms with van der Waals surface area (Å²) in [4.78, 5) is 32.8. The highest BCUT2D eigenvalue weighted by Gasteiger charge is 2.23. The molecule has 7 heteroatoms. The molecule has 2 N–H and O–H groups in total. The lowest BCUT2D eigenvalue weighted by Gasteiger charge is -2.37. The molecule has 2 aromatic rings. The summed E-state index contributed by atoms with van der Waals surface area (Å²) in [5, 5.41) is 10.2. The van der Waals surface area contributed by atoms with Gasteiger partial charge in [0.2, 0.25) is 5.91 Å². The summed E-state index contributed by atoms with van der Waals surface area (Å²) in [6.45, 7) is 4.24. The minimum Gasteiger partial charge on any atom is -0.367 e. The number of carbonyl (C=O) groups excluding carboxylic acids is 2. The molecule has 31 heavy (non-hydrogen) atoms. The molecule has 0 saturated carbocycles. The summed E-state index contributed by atoms with van der Waals surface area (Å²) in [7, 11) is 1.52. The third kappa shape index (κ3) is 5.78. The zero-order valence-electron chi connectivity index (χ0n) is 18.1. The van der Waals surface area contributed by atoms with Gasteiger partial charge in [-0.1, -0.05) is 48.5 Å². The van der Waals surface area contributed by atoms with Crippen molar-refractivity contribution in [3.8, 4) is 11.1 Å². The van der Waals surface area contributed by atoms with Crippen molar-refractivity contribution < 1.29 is 9.59 Å². The highest BCUT2D eigenvalue weighted by Crippen LogP contribution is 2.31. The molecule has 7 nitrogen and oxygen atoms in total. The Morgan fingerprint density at radius 1 is 1.00 bits per heavy atom. The first-order chi connectivity index (χ1) is 15.0. The number of nitrogens with zero attached hydrogens (tertiary/aromatic N) is 3. The van der Waals surface area contributed by atoms with Crippen molar-refractivity contribution in [2.24, 2.45) is 4.99 Å². The summed E-state index contributed by atoms with van der Waals surface area (Å²) in [5.41, 5.74) is 4.15. The number of nitrogens with one attached hydrogen (secondary N) is 2. The highest BCUT2D eigenvalue weighted by molar-refractivity contribution is 6.42. The number of piperazine rings is 1. The van der Waals surface area contributed by atoms with Crippen LogP contribution in [0.15, 0.2) is 59.6 Å². The van der Waals surface area contributed by atoms with Crippen molar-refractivity contribution in [3.05, 3.63) is 54.6 Å². The summed E-state index contributed by atoms with van der Waals surface area (Å²) in [6.07, 6.45) is 0.190. The van der Waals surface area contributed by atoms with E-state index >= 15 is 0 Å². The van der Waals surface area contributed by atoms with Crippen molar-refractivity contribution in [2.75, 3.05) is 44.7 Å². The molecule has 162 valence electrons. The van der Waals surface area contributed by atoms with E-state index < -0.39 is 5.91 Å². The molecule has 1 aliphatic rings. The molecular formula is C24H29N5O2. The maximum absolute atomic E-state index is 12.6. The monoisotopic (exact) mass is 419 g/mol. The fraction of sp³-hybridized carbons (Fsp3) is 0.333. The molecule has 0 radical (unpaired) electrons. The van der Waals surface area contributed by atoms with Gasteiger partial charge >= 0.3 is 0 Å². The Hall–Kier alpha value is -3.48. The van der Waals surface area contributed by atoms with Crippen molar-refractivity contribution in [3.63, 3.8) is 0 Å². The van der Waals surface area contributed by atoms with Crippen LogP contribution in [-0.4, -0.2) is 67.9 Å². The van der Waals surface area contributed by atoms with E-state index in [0.29, 0.717) is 18.8 Å². The zero-order valence-corrected chi connectivity index (χ0v) is 18.1. The molecular weight excluding hydrogens is 390 g/mol. The first kappa shape index (κ1) is 22.2. The molecule has 0 bridgehead atoms. The van der Waals surface area contributed by atoms with Gasteiger partial charge in [0.1, 0.15) is 5.71 Å². The van der Waals surface area contributed by atoms with E-state index in [9.17, 15) is 9.59 Å². The van der Waals surface area contributed by atoms with E-state index in [1.54, 1.807) is 11.8 Å². The normalized spacial score (nSPS) is 14.3. The van der Waals surface area contributed by atoms with Gasteiger partial charge in [0.05, 0.1) is 6.54 Å². The van der Waals surface area contributed by atoms with E-state index in [4.69, 9.17) is 5.41 Å². The van der Waals surface area contributed by atoms with Crippen molar-refractivity contribution in [1.29, 1.82) is 5.41 Å². The molecule has 0 aromatic heterocycles. The lowest BCUT2D eigenvalue weighted by atomic mass is 10.0. The predicted octanol–water partition coefficient (Wildman–Crippen LogP) is 2.62. The summed E-state index contributed by atoms with van der Waals surface area (Å²) in [6, 6.07) is 18.6. The second-order valence-electron chi connectivity index (χ2n) is 7.56. The fourth-order valence-corrected chi connectivity index (χ4v) is 3.69. The van der Waals surface area contributed by atoms with E-state index in [2.05, 4.69) is 39.5 Å². The van der Waals surface area contributed by atoms with Gasteiger partial charge in [0.25, 0.3) is 5.91 Å². The van der Waals surface area contributed by atoms with Crippen LogP contribution in [0.25, 0.3) is 11.1 Å². The van der Waals surface area contributed by atoms with E-state index in [1.807, 2.05) is 30.3 Å². The lowest BCUT2D eigenvalue weighted by molar-refractivity contribution is -0.132. The van der Waals surface area contributed by atoms with E-state index in [1.165, 1.54) is 23.9 Å². The predicted molar refractivity (Wildman–Crippen MR) is 125 cm³/mol. The largest absolute Gasteiger partial charge is 0.367 e. The van der Waals surface area contributed by atoms with Crippen LogP contribution in [-0.2, 0) is 9.59 Å². The number of rotatable bonds is 7. The zero-order chi connectivity index (χ0) is 22.2. The SMILES string of the molecule is CN=C(CC(C)=N)C(=O)NCC(=O)N1CCN(c2ccccc2-c2ccccc2)CC1. The summed E-state index contributed by atoms with van der Waals surface area (Å²) >= 11 is 0. The molecule has 0 unspecified atom stereocenters. The quantitative estimate of drug-likeness (QED) is 0.676. The third-order valence-electron chi connectivity index (χ3n) is 5.33. The lowest BCUT2D eigenvalue weighted by Crippen LogP contribution is -2.51. The smallest absolute Gasteiger partial charge is 0.266 e. The van der Waals surface area contributed by atoms with Gasteiger partial charge in [-0.05, 0) is 18.6 Å². The molecule has 1 heterocycles. The molecule has 0 spiro atoms. The molecule has 0 atom stereocenters. The molecule has 2 amide bonds. The first-order valence-electron chi connectivity index (χ1n) is 10.4. The number of hydrogen-bond acceptors (Lipinski definition) is 5. The molecule has 1 saturated heterocycles. The Morgan fingerprint density at radius 2 is 1.65 bits per heavy atom. The molecule has 2 aromatic carbocycles. The third-order valence-corrected chi connectivity index (χ3v) is 5.33. The van der Waals surface area contributed by atoms with Crippen LogP contribution in [0.3, 0.4) is 0 Å². The van der Waals surface area contributed by atoms with Crippen LogP contribution < -0.4 is 10.2 Å². The maximum atomic E-state index is 12.6. The number of benzene rings is 2. The first-order valence-corrected chi connectivity index (χ1v) is 10.4. The fourth-order valence-electron chi connectivity index (χ4n) is 3.69. The average molecular weight is 420 g/mol. The second kappa shape index (κ2) is 10.5.